The van der Waals surface area contributed by atoms with E-state index in [-0.39, 0.29) is 0 Å². The highest BCUT2D eigenvalue weighted by atomic mass is 15.3. The summed E-state index contributed by atoms with van der Waals surface area (Å²) < 4.78 is 1.75. The van der Waals surface area contributed by atoms with Gasteiger partial charge in [0.1, 0.15) is 6.33 Å². The van der Waals surface area contributed by atoms with Crippen LogP contribution in [0.25, 0.3) is 0 Å². The molecule has 0 atom stereocenters. The van der Waals surface area contributed by atoms with Gasteiger partial charge in [-0.2, -0.15) is 5.10 Å². The van der Waals surface area contributed by atoms with Crippen LogP contribution in [0.3, 0.4) is 0 Å². The molecule has 2 rings (SSSR count). The molecule has 0 aromatic carbocycles. The van der Waals surface area contributed by atoms with E-state index >= 15 is 0 Å². The van der Waals surface area contributed by atoms with E-state index in [2.05, 4.69) is 40.2 Å². The monoisotopic (exact) mass is 263 g/mol. The molecule has 1 aliphatic heterocycles. The van der Waals surface area contributed by atoms with Crippen molar-refractivity contribution < 1.29 is 0 Å². The third-order valence-corrected chi connectivity index (χ3v) is 3.54. The SMILES string of the molecule is CC(C)=CCN1CCC(NCc2ncn(C)n2)CC1. The van der Waals surface area contributed by atoms with E-state index in [0.717, 1.165) is 18.9 Å². The molecule has 5 nitrogen and oxygen atoms in total. The fourth-order valence-corrected chi connectivity index (χ4v) is 2.33. The van der Waals surface area contributed by atoms with E-state index in [1.54, 1.807) is 11.0 Å². The van der Waals surface area contributed by atoms with Crippen molar-refractivity contribution in [1.82, 2.24) is 25.0 Å². The number of rotatable bonds is 5. The van der Waals surface area contributed by atoms with Gasteiger partial charge in [-0.15, -0.1) is 0 Å². The second kappa shape index (κ2) is 6.82. The Morgan fingerprint density at radius 3 is 2.74 bits per heavy atom. The van der Waals surface area contributed by atoms with Crippen LogP contribution in [0.1, 0.15) is 32.5 Å². The Hall–Kier alpha value is -1.20. The van der Waals surface area contributed by atoms with E-state index in [1.807, 2.05) is 7.05 Å². The standard InChI is InChI=1S/C14H25N5/c1-12(2)4-7-19-8-5-13(6-9-19)15-10-14-16-11-18(3)17-14/h4,11,13,15H,5-10H2,1-3H3. The summed E-state index contributed by atoms with van der Waals surface area (Å²) in [4.78, 5) is 6.75. The fraction of sp³-hybridized carbons (Fsp3) is 0.714. The van der Waals surface area contributed by atoms with Crippen molar-refractivity contribution in [3.63, 3.8) is 0 Å². The third kappa shape index (κ3) is 4.76. The first-order valence-corrected chi connectivity index (χ1v) is 7.07. The Morgan fingerprint density at radius 1 is 1.42 bits per heavy atom. The molecule has 0 unspecified atom stereocenters. The predicted molar refractivity (Wildman–Crippen MR) is 76.7 cm³/mol. The molecule has 5 heteroatoms. The van der Waals surface area contributed by atoms with Gasteiger partial charge >= 0.3 is 0 Å². The van der Waals surface area contributed by atoms with E-state index in [0.29, 0.717) is 6.04 Å². The average molecular weight is 263 g/mol. The molecular weight excluding hydrogens is 238 g/mol. The van der Waals surface area contributed by atoms with Gasteiger partial charge in [0.2, 0.25) is 0 Å². The van der Waals surface area contributed by atoms with Crippen molar-refractivity contribution in [3.8, 4) is 0 Å². The summed E-state index contributed by atoms with van der Waals surface area (Å²) in [5.41, 5.74) is 1.40. The van der Waals surface area contributed by atoms with Crippen molar-refractivity contribution in [2.24, 2.45) is 7.05 Å². The first-order valence-electron chi connectivity index (χ1n) is 7.07. The van der Waals surface area contributed by atoms with Crippen molar-refractivity contribution in [1.29, 1.82) is 0 Å². The molecule has 0 aliphatic carbocycles. The summed E-state index contributed by atoms with van der Waals surface area (Å²) in [7, 11) is 1.90. The Balaban J connectivity index is 1.67. The first kappa shape index (κ1) is 14.2. The summed E-state index contributed by atoms with van der Waals surface area (Å²) in [6, 6.07) is 0.603. The molecule has 0 spiro atoms. The van der Waals surface area contributed by atoms with Crippen LogP contribution in [-0.4, -0.2) is 45.3 Å². The molecule has 0 bridgehead atoms. The average Bonchev–Trinajstić information content (AvgIpc) is 2.81. The van der Waals surface area contributed by atoms with Crippen LogP contribution in [0, 0.1) is 0 Å². The van der Waals surface area contributed by atoms with Gasteiger partial charge < -0.3 is 5.32 Å². The second-order valence-corrected chi connectivity index (χ2v) is 5.57. The fourth-order valence-electron chi connectivity index (χ4n) is 2.33. The van der Waals surface area contributed by atoms with E-state index < -0.39 is 0 Å². The summed E-state index contributed by atoms with van der Waals surface area (Å²) in [5, 5.41) is 7.84. The van der Waals surface area contributed by atoms with Gasteiger partial charge in [0.25, 0.3) is 0 Å². The molecule has 19 heavy (non-hydrogen) atoms. The molecule has 1 fully saturated rings. The number of nitrogens with zero attached hydrogens (tertiary/aromatic N) is 4. The highest BCUT2D eigenvalue weighted by molar-refractivity contribution is 4.95. The maximum Gasteiger partial charge on any atom is 0.164 e. The van der Waals surface area contributed by atoms with Crippen molar-refractivity contribution >= 4 is 0 Å². The minimum Gasteiger partial charge on any atom is -0.307 e. The number of nitrogens with one attached hydrogen (secondary N) is 1. The first-order chi connectivity index (χ1) is 9.13. The molecule has 0 amide bonds. The highest BCUT2D eigenvalue weighted by Gasteiger charge is 2.18. The smallest absolute Gasteiger partial charge is 0.164 e. The van der Waals surface area contributed by atoms with Crippen LogP contribution in [0.5, 0.6) is 0 Å². The molecule has 0 saturated carbocycles. The number of piperidine rings is 1. The lowest BCUT2D eigenvalue weighted by atomic mass is 10.0. The lowest BCUT2D eigenvalue weighted by molar-refractivity contribution is 0.213. The quantitative estimate of drug-likeness (QED) is 0.814. The van der Waals surface area contributed by atoms with E-state index in [4.69, 9.17) is 0 Å². The topological polar surface area (TPSA) is 46.0 Å². The predicted octanol–water partition coefficient (Wildman–Crippen LogP) is 1.34. The summed E-state index contributed by atoms with van der Waals surface area (Å²) >= 11 is 0. The van der Waals surface area contributed by atoms with Crippen LogP contribution in [0.4, 0.5) is 0 Å². The Morgan fingerprint density at radius 2 is 2.16 bits per heavy atom. The molecular formula is C14H25N5. The Labute approximate surface area is 115 Å². The zero-order chi connectivity index (χ0) is 13.7. The number of aromatic nitrogens is 3. The number of hydrogen-bond donors (Lipinski definition) is 1. The van der Waals surface area contributed by atoms with Gasteiger partial charge in [0.05, 0.1) is 6.54 Å². The molecule has 1 aliphatic rings. The summed E-state index contributed by atoms with van der Waals surface area (Å²) in [6.45, 7) is 8.55. The van der Waals surface area contributed by atoms with Crippen molar-refractivity contribution in [2.75, 3.05) is 19.6 Å². The van der Waals surface area contributed by atoms with Crippen LogP contribution < -0.4 is 5.32 Å². The zero-order valence-corrected chi connectivity index (χ0v) is 12.3. The third-order valence-electron chi connectivity index (χ3n) is 3.54. The van der Waals surface area contributed by atoms with Gasteiger partial charge in [-0.3, -0.25) is 9.58 Å². The summed E-state index contributed by atoms with van der Waals surface area (Å²) in [5.74, 6) is 0.884. The second-order valence-electron chi connectivity index (χ2n) is 5.57. The molecule has 1 N–H and O–H groups in total. The molecule has 2 heterocycles. The minimum absolute atomic E-state index is 0.603. The van der Waals surface area contributed by atoms with Gasteiger partial charge in [-0.1, -0.05) is 11.6 Å². The lowest BCUT2D eigenvalue weighted by Crippen LogP contribution is -2.42. The maximum atomic E-state index is 4.28. The molecule has 0 radical (unpaired) electrons. The van der Waals surface area contributed by atoms with Crippen LogP contribution in [-0.2, 0) is 13.6 Å². The largest absolute Gasteiger partial charge is 0.307 e. The number of aryl methyl sites for hydroxylation is 1. The van der Waals surface area contributed by atoms with E-state index in [9.17, 15) is 0 Å². The number of likely N-dealkylation sites (tertiary alicyclic amines) is 1. The van der Waals surface area contributed by atoms with Crippen molar-refractivity contribution in [3.05, 3.63) is 23.8 Å². The van der Waals surface area contributed by atoms with E-state index in [1.165, 1.54) is 31.5 Å². The number of allylic oxidation sites excluding steroid dienone is 1. The van der Waals surface area contributed by atoms with Gasteiger partial charge in [0.15, 0.2) is 5.82 Å². The Bertz CT molecular complexity index is 411. The highest BCUT2D eigenvalue weighted by Crippen LogP contribution is 2.11. The van der Waals surface area contributed by atoms with Crippen LogP contribution in [0.2, 0.25) is 0 Å². The van der Waals surface area contributed by atoms with Gasteiger partial charge in [-0.05, 0) is 39.8 Å². The zero-order valence-electron chi connectivity index (χ0n) is 12.3. The molecule has 106 valence electrons. The normalized spacial score (nSPS) is 17.6. The minimum atomic E-state index is 0.603. The maximum absolute atomic E-state index is 4.28. The Kier molecular flexibility index (Phi) is 5.10. The van der Waals surface area contributed by atoms with Crippen LogP contribution >= 0.6 is 0 Å². The van der Waals surface area contributed by atoms with Crippen LogP contribution in [0.15, 0.2) is 18.0 Å². The molecule has 1 saturated heterocycles. The molecule has 1 aromatic rings. The van der Waals surface area contributed by atoms with Gasteiger partial charge in [-0.25, -0.2) is 4.98 Å². The number of hydrogen-bond acceptors (Lipinski definition) is 4. The summed E-state index contributed by atoms with van der Waals surface area (Å²) in [6.07, 6.45) is 6.48. The molecule has 1 aromatic heterocycles. The van der Waals surface area contributed by atoms with Crippen molar-refractivity contribution in [2.45, 2.75) is 39.3 Å². The van der Waals surface area contributed by atoms with Gasteiger partial charge in [0, 0.05) is 19.6 Å². The lowest BCUT2D eigenvalue weighted by Gasteiger charge is -2.31.